The molecule has 0 aliphatic heterocycles. The highest BCUT2D eigenvalue weighted by atomic mass is 35.5. The quantitative estimate of drug-likeness (QED) is 0.851. The van der Waals surface area contributed by atoms with Gasteiger partial charge in [-0.3, -0.25) is 4.79 Å². The molecular weight excluding hydrogens is 306 g/mol. The lowest BCUT2D eigenvalue weighted by molar-refractivity contribution is -0.120. The zero-order valence-electron chi connectivity index (χ0n) is 11.2. The molecule has 1 aromatic carbocycles. The molecule has 0 unspecified atom stereocenters. The lowest BCUT2D eigenvalue weighted by Crippen LogP contribution is -2.24. The van der Waals surface area contributed by atoms with Crippen molar-refractivity contribution in [2.24, 2.45) is 0 Å². The van der Waals surface area contributed by atoms with E-state index in [1.54, 1.807) is 12.1 Å². The third kappa shape index (κ3) is 4.91. The Labute approximate surface area is 132 Å². The number of aliphatic hydroxyl groups excluding tert-OH is 1. The average Bonchev–Trinajstić information content (AvgIpc) is 2.93. The fraction of sp³-hybridized carbons (Fsp3) is 0.188. The average molecular weight is 320 g/mol. The molecule has 5 heteroatoms. The van der Waals surface area contributed by atoms with Crippen molar-refractivity contribution in [3.63, 3.8) is 0 Å². The van der Waals surface area contributed by atoms with Crippen LogP contribution in [0.2, 0.25) is 5.02 Å². The van der Waals surface area contributed by atoms with Crippen LogP contribution in [0.3, 0.4) is 0 Å². The van der Waals surface area contributed by atoms with Crippen LogP contribution in [0.1, 0.15) is 16.0 Å². The van der Waals surface area contributed by atoms with Crippen LogP contribution in [0.25, 0.3) is 0 Å². The number of nitrogens with one attached hydrogen (secondary N) is 1. The summed E-state index contributed by atoms with van der Waals surface area (Å²) in [5, 5.41) is 14.2. The molecule has 3 nitrogen and oxygen atoms in total. The van der Waals surface area contributed by atoms with Gasteiger partial charge in [0.1, 0.15) is 6.61 Å². The molecule has 108 valence electrons. The number of hydrogen-bond donors (Lipinski definition) is 2. The van der Waals surface area contributed by atoms with Crippen molar-refractivity contribution >= 4 is 28.8 Å². The summed E-state index contributed by atoms with van der Waals surface area (Å²) in [6, 6.07) is 9.10. The molecule has 0 radical (unpaired) electrons. The first-order valence-corrected chi connectivity index (χ1v) is 7.62. The largest absolute Gasteiger partial charge is 0.384 e. The summed E-state index contributed by atoms with van der Waals surface area (Å²) in [4.78, 5) is 12.9. The zero-order chi connectivity index (χ0) is 15.1. The molecule has 1 heterocycles. The normalized spacial score (nSPS) is 9.81. The number of benzene rings is 1. The summed E-state index contributed by atoms with van der Waals surface area (Å²) in [6.07, 6.45) is 0.320. The van der Waals surface area contributed by atoms with Crippen molar-refractivity contribution in [3.05, 3.63) is 56.7 Å². The third-order valence-corrected chi connectivity index (χ3v) is 3.94. The monoisotopic (exact) mass is 319 g/mol. The van der Waals surface area contributed by atoms with E-state index >= 15 is 0 Å². The van der Waals surface area contributed by atoms with Crippen molar-refractivity contribution in [2.45, 2.75) is 13.0 Å². The Balaban J connectivity index is 1.89. The summed E-state index contributed by atoms with van der Waals surface area (Å²) in [5.74, 6) is 5.43. The first-order chi connectivity index (χ1) is 10.2. The predicted octanol–water partition coefficient (Wildman–Crippen LogP) is 2.60. The van der Waals surface area contributed by atoms with Crippen LogP contribution in [0, 0.1) is 11.8 Å². The Morgan fingerprint density at radius 1 is 1.29 bits per heavy atom. The van der Waals surface area contributed by atoms with Gasteiger partial charge in [0.25, 0.3) is 0 Å². The van der Waals surface area contributed by atoms with Gasteiger partial charge in [0, 0.05) is 15.5 Å². The van der Waals surface area contributed by atoms with Crippen LogP contribution in [-0.2, 0) is 17.8 Å². The molecule has 2 aromatic rings. The molecule has 0 saturated heterocycles. The molecule has 1 aromatic heterocycles. The predicted molar refractivity (Wildman–Crippen MR) is 85.3 cm³/mol. The van der Waals surface area contributed by atoms with E-state index in [4.69, 9.17) is 16.7 Å². The molecule has 0 atom stereocenters. The van der Waals surface area contributed by atoms with Gasteiger partial charge in [-0.2, -0.15) is 0 Å². The van der Waals surface area contributed by atoms with E-state index in [9.17, 15) is 4.79 Å². The van der Waals surface area contributed by atoms with Crippen LogP contribution < -0.4 is 5.32 Å². The Bertz CT molecular complexity index is 668. The number of carbonyl (C=O) groups excluding carboxylic acids is 1. The SMILES string of the molecule is O=C(Cc1ccc(Cl)cc1)NCc1sccc1C#CCO. The molecule has 2 N–H and O–H groups in total. The first kappa shape index (κ1) is 15.6. The molecule has 1 amide bonds. The molecular formula is C16H14ClNO2S. The molecule has 0 saturated carbocycles. The minimum atomic E-state index is -0.168. The number of amides is 1. The molecule has 0 fully saturated rings. The van der Waals surface area contributed by atoms with Gasteiger partial charge in [-0.05, 0) is 29.1 Å². The highest BCUT2D eigenvalue weighted by molar-refractivity contribution is 7.10. The minimum absolute atomic E-state index is 0.0493. The lowest BCUT2D eigenvalue weighted by Gasteiger charge is -2.05. The van der Waals surface area contributed by atoms with Crippen molar-refractivity contribution < 1.29 is 9.90 Å². The number of aliphatic hydroxyl groups is 1. The smallest absolute Gasteiger partial charge is 0.224 e. The van der Waals surface area contributed by atoms with Crippen LogP contribution in [0.5, 0.6) is 0 Å². The Kier molecular flexibility index (Phi) is 5.82. The molecule has 0 spiro atoms. The van der Waals surface area contributed by atoms with Gasteiger partial charge in [-0.25, -0.2) is 0 Å². The van der Waals surface area contributed by atoms with Gasteiger partial charge in [0.15, 0.2) is 0 Å². The van der Waals surface area contributed by atoms with E-state index in [0.717, 1.165) is 16.0 Å². The topological polar surface area (TPSA) is 49.3 Å². The summed E-state index contributed by atoms with van der Waals surface area (Å²) in [5.41, 5.74) is 1.77. The van der Waals surface area contributed by atoms with Crippen LogP contribution >= 0.6 is 22.9 Å². The first-order valence-electron chi connectivity index (χ1n) is 6.36. The summed E-state index contributed by atoms with van der Waals surface area (Å²) < 4.78 is 0. The minimum Gasteiger partial charge on any atom is -0.384 e. The number of carbonyl (C=O) groups is 1. The third-order valence-electron chi connectivity index (χ3n) is 2.77. The van der Waals surface area contributed by atoms with Crippen molar-refractivity contribution in [2.75, 3.05) is 6.61 Å². The van der Waals surface area contributed by atoms with Gasteiger partial charge in [0.05, 0.1) is 13.0 Å². The maximum Gasteiger partial charge on any atom is 0.224 e. The van der Waals surface area contributed by atoms with E-state index < -0.39 is 0 Å². The number of thiophene rings is 1. The summed E-state index contributed by atoms with van der Waals surface area (Å²) in [7, 11) is 0. The zero-order valence-corrected chi connectivity index (χ0v) is 12.8. The summed E-state index contributed by atoms with van der Waals surface area (Å²) in [6.45, 7) is 0.276. The second-order valence-electron chi connectivity index (χ2n) is 4.30. The molecule has 2 rings (SSSR count). The van der Waals surface area contributed by atoms with E-state index in [0.29, 0.717) is 18.0 Å². The molecule has 0 bridgehead atoms. The van der Waals surface area contributed by atoms with Crippen molar-refractivity contribution in [1.82, 2.24) is 5.32 Å². The van der Waals surface area contributed by atoms with Crippen LogP contribution in [0.4, 0.5) is 0 Å². The van der Waals surface area contributed by atoms with Gasteiger partial charge >= 0.3 is 0 Å². The van der Waals surface area contributed by atoms with E-state index in [1.165, 1.54) is 11.3 Å². The second kappa shape index (κ2) is 7.84. The summed E-state index contributed by atoms with van der Waals surface area (Å²) >= 11 is 7.34. The van der Waals surface area contributed by atoms with Crippen LogP contribution in [0.15, 0.2) is 35.7 Å². The van der Waals surface area contributed by atoms with E-state index in [1.807, 2.05) is 23.6 Å². The van der Waals surface area contributed by atoms with Crippen molar-refractivity contribution in [1.29, 1.82) is 0 Å². The Morgan fingerprint density at radius 2 is 2.05 bits per heavy atom. The van der Waals surface area contributed by atoms with Gasteiger partial charge < -0.3 is 10.4 Å². The molecule has 0 aliphatic rings. The maximum absolute atomic E-state index is 11.9. The maximum atomic E-state index is 11.9. The number of hydrogen-bond acceptors (Lipinski definition) is 3. The highest BCUT2D eigenvalue weighted by Gasteiger charge is 2.06. The second-order valence-corrected chi connectivity index (χ2v) is 5.73. The van der Waals surface area contributed by atoms with Crippen molar-refractivity contribution in [3.8, 4) is 11.8 Å². The number of rotatable bonds is 4. The van der Waals surface area contributed by atoms with Gasteiger partial charge in [-0.1, -0.05) is 35.6 Å². The van der Waals surface area contributed by atoms with Gasteiger partial charge in [-0.15, -0.1) is 11.3 Å². The lowest BCUT2D eigenvalue weighted by atomic mass is 10.1. The molecule has 0 aliphatic carbocycles. The highest BCUT2D eigenvalue weighted by Crippen LogP contribution is 2.15. The standard InChI is InChI=1S/C16H14ClNO2S/c17-14-5-3-12(4-6-14)10-16(20)18-11-15-13(2-1-8-19)7-9-21-15/h3-7,9,19H,8,10-11H2,(H,18,20). The Hall–Kier alpha value is -1.80. The van der Waals surface area contributed by atoms with Gasteiger partial charge in [0.2, 0.25) is 5.91 Å². The molecule has 21 heavy (non-hydrogen) atoms. The fourth-order valence-electron chi connectivity index (χ4n) is 1.75. The number of halogens is 1. The van der Waals surface area contributed by atoms with Crippen LogP contribution in [-0.4, -0.2) is 17.6 Å². The van der Waals surface area contributed by atoms with E-state index in [2.05, 4.69) is 17.2 Å². The fourth-order valence-corrected chi connectivity index (χ4v) is 2.65. The van der Waals surface area contributed by atoms with E-state index in [-0.39, 0.29) is 12.5 Å². The Morgan fingerprint density at radius 3 is 2.76 bits per heavy atom.